The standard InChI is InChI=1S/C25H36N2O3S2/c1-25(30-2)11-8-24-23(19-25)20-27(14-16-31-24)32(28,29)17-15-26-12-9-22(10-13-26)18-21-6-4-3-5-7-21/h3-8,19,22H,9-18,20H2,1-2H3. The summed E-state index contributed by atoms with van der Waals surface area (Å²) >= 11 is 1.77. The molecule has 2 saturated heterocycles. The first-order chi connectivity index (χ1) is 15.4. The van der Waals surface area contributed by atoms with Gasteiger partial charge in [0.2, 0.25) is 10.0 Å². The predicted octanol–water partition coefficient (Wildman–Crippen LogP) is 3.94. The molecule has 2 heterocycles. The lowest BCUT2D eigenvalue weighted by Gasteiger charge is -2.33. The van der Waals surface area contributed by atoms with Crippen LogP contribution in [0.5, 0.6) is 0 Å². The number of methoxy groups -OCH3 is 1. The first-order valence-electron chi connectivity index (χ1n) is 11.7. The van der Waals surface area contributed by atoms with E-state index in [0.29, 0.717) is 25.6 Å². The van der Waals surface area contributed by atoms with Gasteiger partial charge in [0.1, 0.15) is 0 Å². The molecule has 0 spiro atoms. The third kappa shape index (κ3) is 6.06. The number of thioether (sulfide) groups is 1. The summed E-state index contributed by atoms with van der Waals surface area (Å²) in [5.41, 5.74) is 2.15. The summed E-state index contributed by atoms with van der Waals surface area (Å²) in [7, 11) is -1.57. The number of ether oxygens (including phenoxy) is 1. The minimum atomic E-state index is -3.29. The molecule has 0 bridgehead atoms. The first kappa shape index (κ1) is 24.0. The maximum Gasteiger partial charge on any atom is 0.215 e. The number of sulfonamides is 1. The normalized spacial score (nSPS) is 26.2. The molecular formula is C25H36N2O3S2. The number of likely N-dealkylation sites (tertiary alicyclic amines) is 1. The van der Waals surface area contributed by atoms with Gasteiger partial charge in [-0.15, -0.1) is 11.8 Å². The van der Waals surface area contributed by atoms with Crippen LogP contribution in [0.15, 0.2) is 53.0 Å². The number of benzene rings is 1. The van der Waals surface area contributed by atoms with Crippen LogP contribution in [0, 0.1) is 5.92 Å². The van der Waals surface area contributed by atoms with Gasteiger partial charge >= 0.3 is 0 Å². The van der Waals surface area contributed by atoms with E-state index in [9.17, 15) is 8.42 Å². The monoisotopic (exact) mass is 476 g/mol. The number of rotatable bonds is 7. The largest absolute Gasteiger partial charge is 0.374 e. The molecule has 5 nitrogen and oxygen atoms in total. The van der Waals surface area contributed by atoms with Gasteiger partial charge in [0, 0.05) is 37.4 Å². The fourth-order valence-corrected chi connectivity index (χ4v) is 7.45. The van der Waals surface area contributed by atoms with Gasteiger partial charge in [0.25, 0.3) is 0 Å². The van der Waals surface area contributed by atoms with Gasteiger partial charge in [-0.25, -0.2) is 8.42 Å². The van der Waals surface area contributed by atoms with Crippen LogP contribution < -0.4 is 0 Å². The minimum absolute atomic E-state index is 0.203. The summed E-state index contributed by atoms with van der Waals surface area (Å²) < 4.78 is 33.8. The fourth-order valence-electron chi connectivity index (χ4n) is 4.84. The molecule has 176 valence electrons. The molecule has 1 atom stereocenters. The lowest BCUT2D eigenvalue weighted by Crippen LogP contribution is -2.42. The van der Waals surface area contributed by atoms with Gasteiger partial charge in [-0.2, -0.15) is 4.31 Å². The maximum absolute atomic E-state index is 13.2. The van der Waals surface area contributed by atoms with E-state index < -0.39 is 10.0 Å². The van der Waals surface area contributed by atoms with E-state index in [1.165, 1.54) is 10.5 Å². The quantitative estimate of drug-likeness (QED) is 0.597. The van der Waals surface area contributed by atoms with E-state index in [1.54, 1.807) is 23.2 Å². The van der Waals surface area contributed by atoms with Crippen molar-refractivity contribution in [3.05, 3.63) is 58.5 Å². The van der Waals surface area contributed by atoms with Crippen molar-refractivity contribution >= 4 is 21.8 Å². The van der Waals surface area contributed by atoms with Gasteiger partial charge in [-0.1, -0.05) is 36.4 Å². The summed E-state index contributed by atoms with van der Waals surface area (Å²) in [6.07, 6.45) is 8.59. The van der Waals surface area contributed by atoms with Crippen LogP contribution in [0.4, 0.5) is 0 Å². The molecule has 1 aromatic carbocycles. The topological polar surface area (TPSA) is 49.9 Å². The SMILES string of the molecule is COC1(C)C=C2CN(S(=O)(=O)CCN3CCC(Cc4ccccc4)CC3)CCSC2=CC1. The molecule has 0 radical (unpaired) electrons. The number of fused-ring (bicyclic) bond motifs is 1. The second-order valence-corrected chi connectivity index (χ2v) is 12.7. The lowest BCUT2D eigenvalue weighted by molar-refractivity contribution is 0.0495. The Bertz CT molecular complexity index is 937. The molecule has 2 aliphatic heterocycles. The Labute approximate surface area is 197 Å². The Morgan fingerprint density at radius 1 is 1.16 bits per heavy atom. The molecule has 1 aliphatic carbocycles. The van der Waals surface area contributed by atoms with Crippen molar-refractivity contribution in [3.63, 3.8) is 0 Å². The molecule has 7 heteroatoms. The molecule has 1 unspecified atom stereocenters. The predicted molar refractivity (Wildman–Crippen MR) is 133 cm³/mol. The van der Waals surface area contributed by atoms with Crippen molar-refractivity contribution in [3.8, 4) is 0 Å². The second kappa shape index (κ2) is 10.4. The lowest BCUT2D eigenvalue weighted by atomic mass is 9.90. The molecule has 3 aliphatic rings. The van der Waals surface area contributed by atoms with Gasteiger partial charge in [0.15, 0.2) is 0 Å². The zero-order chi connectivity index (χ0) is 22.6. The van der Waals surface area contributed by atoms with Crippen LogP contribution in [-0.2, 0) is 21.2 Å². The molecule has 0 saturated carbocycles. The Balaban J connectivity index is 1.29. The van der Waals surface area contributed by atoms with Crippen molar-refractivity contribution in [1.82, 2.24) is 9.21 Å². The highest BCUT2D eigenvalue weighted by molar-refractivity contribution is 8.03. The van der Waals surface area contributed by atoms with E-state index in [-0.39, 0.29) is 11.4 Å². The van der Waals surface area contributed by atoms with Gasteiger partial charge in [-0.3, -0.25) is 0 Å². The molecule has 2 fully saturated rings. The van der Waals surface area contributed by atoms with Crippen molar-refractivity contribution in [1.29, 1.82) is 0 Å². The first-order valence-corrected chi connectivity index (χ1v) is 14.3. The van der Waals surface area contributed by atoms with E-state index >= 15 is 0 Å². The zero-order valence-electron chi connectivity index (χ0n) is 19.3. The van der Waals surface area contributed by atoms with Gasteiger partial charge in [0.05, 0.1) is 11.4 Å². The van der Waals surface area contributed by atoms with Crippen LogP contribution in [0.3, 0.4) is 0 Å². The Kier molecular flexibility index (Phi) is 7.83. The number of hydrogen-bond donors (Lipinski definition) is 0. The third-order valence-corrected chi connectivity index (χ3v) is 9.96. The van der Waals surface area contributed by atoms with E-state index in [2.05, 4.69) is 54.3 Å². The molecule has 0 aromatic heterocycles. The van der Waals surface area contributed by atoms with Crippen molar-refractivity contribution < 1.29 is 13.2 Å². The van der Waals surface area contributed by atoms with Gasteiger partial charge < -0.3 is 9.64 Å². The Morgan fingerprint density at radius 3 is 2.62 bits per heavy atom. The van der Waals surface area contributed by atoms with Crippen LogP contribution in [0.1, 0.15) is 31.7 Å². The average Bonchev–Trinajstić information content (AvgIpc) is 3.02. The van der Waals surface area contributed by atoms with Crippen LogP contribution in [-0.4, -0.2) is 74.6 Å². The van der Waals surface area contributed by atoms with E-state index in [4.69, 9.17) is 4.74 Å². The maximum atomic E-state index is 13.2. The highest BCUT2D eigenvalue weighted by atomic mass is 32.2. The smallest absolute Gasteiger partial charge is 0.215 e. The van der Waals surface area contributed by atoms with Crippen LogP contribution >= 0.6 is 11.8 Å². The molecular weight excluding hydrogens is 440 g/mol. The van der Waals surface area contributed by atoms with Crippen molar-refractivity contribution in [2.24, 2.45) is 5.92 Å². The zero-order valence-corrected chi connectivity index (χ0v) is 21.0. The highest BCUT2D eigenvalue weighted by Crippen LogP contribution is 2.37. The third-order valence-electron chi connectivity index (χ3n) is 7.03. The summed E-state index contributed by atoms with van der Waals surface area (Å²) in [6, 6.07) is 10.7. The van der Waals surface area contributed by atoms with E-state index in [1.807, 2.05) is 0 Å². The Hall–Kier alpha value is -1.12. The van der Waals surface area contributed by atoms with Gasteiger partial charge in [-0.05, 0) is 68.8 Å². The van der Waals surface area contributed by atoms with Crippen molar-refractivity contribution in [2.75, 3.05) is 51.3 Å². The molecule has 32 heavy (non-hydrogen) atoms. The van der Waals surface area contributed by atoms with Crippen molar-refractivity contribution in [2.45, 2.75) is 38.2 Å². The molecule has 1 aromatic rings. The minimum Gasteiger partial charge on any atom is -0.374 e. The highest BCUT2D eigenvalue weighted by Gasteiger charge is 2.32. The summed E-state index contributed by atoms with van der Waals surface area (Å²) in [5, 5.41) is 0. The molecule has 4 rings (SSSR count). The molecule has 0 amide bonds. The van der Waals surface area contributed by atoms with E-state index in [0.717, 1.165) is 50.1 Å². The molecule has 0 N–H and O–H groups in total. The van der Waals surface area contributed by atoms with Crippen LogP contribution in [0.25, 0.3) is 0 Å². The number of nitrogens with zero attached hydrogens (tertiary/aromatic N) is 2. The average molecular weight is 477 g/mol. The number of piperidine rings is 1. The second-order valence-electron chi connectivity index (χ2n) is 9.43. The van der Waals surface area contributed by atoms with Crippen LogP contribution in [0.2, 0.25) is 0 Å². The summed E-state index contributed by atoms with van der Waals surface area (Å²) in [4.78, 5) is 3.55. The number of hydrogen-bond acceptors (Lipinski definition) is 5. The fraction of sp³-hybridized carbons (Fsp3) is 0.600. The summed E-state index contributed by atoms with van der Waals surface area (Å²) in [6.45, 7) is 5.70. The summed E-state index contributed by atoms with van der Waals surface area (Å²) in [5.74, 6) is 1.71. The Morgan fingerprint density at radius 2 is 1.91 bits per heavy atom.